The topological polar surface area (TPSA) is 44.0 Å². The molecular weight excluding hydrogens is 332 g/mol. The molecule has 0 amide bonds. The van der Waals surface area contributed by atoms with Gasteiger partial charge in [-0.2, -0.15) is 0 Å². The minimum absolute atomic E-state index is 0.525. The standard InChI is InChI=1S/C20H21ClN4/c21-20-19-16(6-9-22-20)12-18(24-19)13-23-17-7-10-25(11-8-17)14-15-4-2-1-3-5-15/h1-7,9,12,23-24H,8,10-11,13-14H2. The summed E-state index contributed by atoms with van der Waals surface area (Å²) in [7, 11) is 0. The first-order valence-corrected chi connectivity index (χ1v) is 8.97. The maximum atomic E-state index is 6.12. The normalized spacial score (nSPS) is 15.3. The Morgan fingerprint density at radius 2 is 2.08 bits per heavy atom. The van der Waals surface area contributed by atoms with Gasteiger partial charge < -0.3 is 10.3 Å². The molecule has 25 heavy (non-hydrogen) atoms. The summed E-state index contributed by atoms with van der Waals surface area (Å²) in [6, 6.07) is 14.7. The van der Waals surface area contributed by atoms with Gasteiger partial charge in [0.15, 0.2) is 5.15 Å². The van der Waals surface area contributed by atoms with Crippen LogP contribution in [-0.4, -0.2) is 28.0 Å². The fourth-order valence-corrected chi connectivity index (χ4v) is 3.45. The van der Waals surface area contributed by atoms with Crippen molar-refractivity contribution in [2.75, 3.05) is 13.1 Å². The molecule has 2 N–H and O–H groups in total. The van der Waals surface area contributed by atoms with Crippen molar-refractivity contribution in [3.63, 3.8) is 0 Å². The first-order valence-electron chi connectivity index (χ1n) is 8.59. The smallest absolute Gasteiger partial charge is 0.153 e. The van der Waals surface area contributed by atoms with E-state index in [9.17, 15) is 0 Å². The molecule has 1 aromatic carbocycles. The van der Waals surface area contributed by atoms with Crippen molar-refractivity contribution >= 4 is 22.5 Å². The molecule has 0 saturated carbocycles. The Hall–Kier alpha value is -2.30. The van der Waals surface area contributed by atoms with Gasteiger partial charge in [-0.05, 0) is 24.1 Å². The second-order valence-corrected chi connectivity index (χ2v) is 6.77. The number of aromatic amines is 1. The van der Waals surface area contributed by atoms with Crippen molar-refractivity contribution in [3.8, 4) is 0 Å². The summed E-state index contributed by atoms with van der Waals surface area (Å²) in [6.07, 6.45) is 5.08. The van der Waals surface area contributed by atoms with Gasteiger partial charge >= 0.3 is 0 Å². The predicted molar refractivity (Wildman–Crippen MR) is 102 cm³/mol. The van der Waals surface area contributed by atoms with Crippen LogP contribution in [0.2, 0.25) is 5.15 Å². The van der Waals surface area contributed by atoms with Crippen LogP contribution < -0.4 is 5.32 Å². The lowest BCUT2D eigenvalue weighted by Gasteiger charge is -2.26. The van der Waals surface area contributed by atoms with E-state index in [1.54, 1.807) is 6.20 Å². The van der Waals surface area contributed by atoms with Gasteiger partial charge in [0, 0.05) is 42.6 Å². The molecule has 0 bridgehead atoms. The molecule has 3 aromatic rings. The van der Waals surface area contributed by atoms with Crippen LogP contribution in [-0.2, 0) is 13.1 Å². The molecule has 5 heteroatoms. The molecular formula is C20H21ClN4. The summed E-state index contributed by atoms with van der Waals surface area (Å²) < 4.78 is 0. The van der Waals surface area contributed by atoms with Gasteiger partial charge in [-0.15, -0.1) is 0 Å². The molecule has 4 rings (SSSR count). The minimum Gasteiger partial charge on any atom is -0.383 e. The maximum absolute atomic E-state index is 6.12. The fourth-order valence-electron chi connectivity index (χ4n) is 3.24. The molecule has 0 saturated heterocycles. The highest BCUT2D eigenvalue weighted by Gasteiger charge is 2.12. The Labute approximate surface area is 152 Å². The third-order valence-electron chi connectivity index (χ3n) is 4.60. The van der Waals surface area contributed by atoms with E-state index in [-0.39, 0.29) is 0 Å². The van der Waals surface area contributed by atoms with Crippen LogP contribution in [0.25, 0.3) is 10.9 Å². The highest BCUT2D eigenvalue weighted by atomic mass is 35.5. The monoisotopic (exact) mass is 352 g/mol. The van der Waals surface area contributed by atoms with E-state index in [1.807, 2.05) is 6.07 Å². The van der Waals surface area contributed by atoms with Crippen LogP contribution >= 0.6 is 11.6 Å². The van der Waals surface area contributed by atoms with Gasteiger partial charge in [0.05, 0.1) is 12.1 Å². The van der Waals surface area contributed by atoms with Gasteiger partial charge in [0.25, 0.3) is 0 Å². The van der Waals surface area contributed by atoms with E-state index in [0.29, 0.717) is 5.15 Å². The Morgan fingerprint density at radius 3 is 2.84 bits per heavy atom. The molecule has 1 aliphatic heterocycles. The summed E-state index contributed by atoms with van der Waals surface area (Å²) in [4.78, 5) is 9.93. The van der Waals surface area contributed by atoms with E-state index < -0.39 is 0 Å². The summed E-state index contributed by atoms with van der Waals surface area (Å²) in [6.45, 7) is 3.85. The zero-order valence-electron chi connectivity index (χ0n) is 14.0. The Kier molecular flexibility index (Phi) is 4.72. The lowest BCUT2D eigenvalue weighted by atomic mass is 10.1. The number of pyridine rings is 1. The number of H-pyrrole nitrogens is 1. The van der Waals surface area contributed by atoms with Gasteiger partial charge in [0.1, 0.15) is 0 Å². The third kappa shape index (κ3) is 3.86. The van der Waals surface area contributed by atoms with Crippen LogP contribution in [0.5, 0.6) is 0 Å². The molecule has 0 unspecified atom stereocenters. The SMILES string of the molecule is Clc1nccc2cc(CNC3=CCN(Cc4ccccc4)CC3)[nH]c12. The lowest BCUT2D eigenvalue weighted by molar-refractivity contribution is 0.282. The largest absolute Gasteiger partial charge is 0.383 e. The van der Waals surface area contributed by atoms with E-state index in [2.05, 4.69) is 62.7 Å². The molecule has 0 aliphatic carbocycles. The predicted octanol–water partition coefficient (Wildman–Crippen LogP) is 4.10. The number of aromatic nitrogens is 2. The number of benzene rings is 1. The van der Waals surface area contributed by atoms with Crippen LogP contribution in [0.1, 0.15) is 17.7 Å². The number of hydrogen-bond acceptors (Lipinski definition) is 3. The van der Waals surface area contributed by atoms with Gasteiger partial charge in [0.2, 0.25) is 0 Å². The molecule has 0 radical (unpaired) electrons. The molecule has 3 heterocycles. The number of nitrogens with zero attached hydrogens (tertiary/aromatic N) is 2. The Morgan fingerprint density at radius 1 is 1.20 bits per heavy atom. The van der Waals surface area contributed by atoms with Crippen molar-refractivity contribution in [2.45, 2.75) is 19.5 Å². The minimum atomic E-state index is 0.525. The number of rotatable bonds is 5. The fraction of sp³-hybridized carbons (Fsp3) is 0.250. The van der Waals surface area contributed by atoms with Gasteiger partial charge in [-0.25, -0.2) is 4.98 Å². The van der Waals surface area contributed by atoms with Crippen molar-refractivity contribution < 1.29 is 0 Å². The summed E-state index contributed by atoms with van der Waals surface area (Å²) in [5, 5.41) is 5.17. The molecule has 0 fully saturated rings. The molecule has 0 atom stereocenters. The molecule has 0 spiro atoms. The highest BCUT2D eigenvalue weighted by Crippen LogP contribution is 2.21. The summed E-state index contributed by atoms with van der Waals surface area (Å²) >= 11 is 6.12. The van der Waals surface area contributed by atoms with Crippen LogP contribution in [0.15, 0.2) is 60.4 Å². The second kappa shape index (κ2) is 7.30. The van der Waals surface area contributed by atoms with Gasteiger partial charge in [-0.3, -0.25) is 4.90 Å². The highest BCUT2D eigenvalue weighted by molar-refractivity contribution is 6.33. The van der Waals surface area contributed by atoms with Crippen LogP contribution in [0, 0.1) is 0 Å². The average molecular weight is 353 g/mol. The van der Waals surface area contributed by atoms with Crippen molar-refractivity contribution in [1.29, 1.82) is 0 Å². The number of halogens is 1. The molecule has 1 aliphatic rings. The zero-order valence-corrected chi connectivity index (χ0v) is 14.8. The first-order chi connectivity index (χ1) is 12.3. The number of fused-ring (bicyclic) bond motifs is 1. The Bertz CT molecular complexity index is 885. The maximum Gasteiger partial charge on any atom is 0.153 e. The molecule has 128 valence electrons. The van der Waals surface area contributed by atoms with E-state index in [1.165, 1.54) is 11.3 Å². The quantitative estimate of drug-likeness (QED) is 0.679. The third-order valence-corrected chi connectivity index (χ3v) is 4.89. The first kappa shape index (κ1) is 16.2. The van der Waals surface area contributed by atoms with E-state index >= 15 is 0 Å². The second-order valence-electron chi connectivity index (χ2n) is 6.41. The Balaban J connectivity index is 1.33. The van der Waals surface area contributed by atoms with Crippen molar-refractivity contribution in [2.24, 2.45) is 0 Å². The van der Waals surface area contributed by atoms with Crippen molar-refractivity contribution in [3.05, 3.63) is 76.8 Å². The van der Waals surface area contributed by atoms with E-state index in [4.69, 9.17) is 11.6 Å². The number of nitrogens with one attached hydrogen (secondary N) is 2. The lowest BCUT2D eigenvalue weighted by Crippen LogP contribution is -2.31. The van der Waals surface area contributed by atoms with Gasteiger partial charge in [-0.1, -0.05) is 48.0 Å². The van der Waals surface area contributed by atoms with Crippen LogP contribution in [0.3, 0.4) is 0 Å². The van der Waals surface area contributed by atoms with E-state index in [0.717, 1.165) is 49.2 Å². The molecule has 2 aromatic heterocycles. The zero-order chi connectivity index (χ0) is 17.1. The summed E-state index contributed by atoms with van der Waals surface area (Å²) in [5.41, 5.74) is 4.72. The average Bonchev–Trinajstić information content (AvgIpc) is 3.07. The van der Waals surface area contributed by atoms with Crippen molar-refractivity contribution in [1.82, 2.24) is 20.2 Å². The molecule has 4 nitrogen and oxygen atoms in total. The number of hydrogen-bond donors (Lipinski definition) is 2. The van der Waals surface area contributed by atoms with Crippen LogP contribution in [0.4, 0.5) is 0 Å². The summed E-state index contributed by atoms with van der Waals surface area (Å²) in [5.74, 6) is 0.